The molecule has 0 rings (SSSR count). The van der Waals surface area contributed by atoms with E-state index in [2.05, 4.69) is 19.2 Å². The number of methoxy groups -OCH3 is 1. The molecule has 0 aromatic rings. The van der Waals surface area contributed by atoms with E-state index in [0.29, 0.717) is 32.3 Å². The van der Waals surface area contributed by atoms with E-state index in [-0.39, 0.29) is 0 Å². The smallest absolute Gasteiger partial charge is 0.0897 e. The van der Waals surface area contributed by atoms with Gasteiger partial charge in [-0.3, -0.25) is 0 Å². The lowest BCUT2D eigenvalue weighted by Crippen LogP contribution is -2.31. The first kappa shape index (κ1) is 14.8. The molecule has 15 heavy (non-hydrogen) atoms. The molecule has 0 fully saturated rings. The van der Waals surface area contributed by atoms with Crippen molar-refractivity contribution in [1.82, 2.24) is 5.32 Å². The number of rotatable bonds is 10. The highest BCUT2D eigenvalue weighted by atomic mass is 16.5. The Labute approximate surface area is 93.0 Å². The minimum atomic E-state index is -0.422. The monoisotopic (exact) mass is 219 g/mol. The van der Waals surface area contributed by atoms with Gasteiger partial charge in [-0.2, -0.15) is 0 Å². The second-order valence-electron chi connectivity index (χ2n) is 4.11. The second kappa shape index (κ2) is 10.4. The van der Waals surface area contributed by atoms with Gasteiger partial charge in [0.1, 0.15) is 0 Å². The van der Waals surface area contributed by atoms with E-state index < -0.39 is 6.10 Å². The van der Waals surface area contributed by atoms with E-state index in [0.717, 1.165) is 13.0 Å². The van der Waals surface area contributed by atoms with Crippen molar-refractivity contribution in [3.63, 3.8) is 0 Å². The maximum absolute atomic E-state index is 9.49. The van der Waals surface area contributed by atoms with Gasteiger partial charge < -0.3 is 19.9 Å². The quantitative estimate of drug-likeness (QED) is 0.530. The van der Waals surface area contributed by atoms with E-state index in [9.17, 15) is 5.11 Å². The van der Waals surface area contributed by atoms with Crippen molar-refractivity contribution in [1.29, 1.82) is 0 Å². The van der Waals surface area contributed by atoms with E-state index in [1.54, 1.807) is 7.11 Å². The molecule has 0 spiro atoms. The first-order valence-corrected chi connectivity index (χ1v) is 5.62. The SMILES string of the molecule is COCCOCC(O)CNCCC(C)C. The predicted octanol–water partition coefficient (Wildman–Crippen LogP) is 0.646. The number of ether oxygens (including phenoxy) is 2. The van der Waals surface area contributed by atoms with Crippen LogP contribution in [0.5, 0.6) is 0 Å². The Morgan fingerprint density at radius 2 is 2.00 bits per heavy atom. The molecule has 0 radical (unpaired) electrons. The standard InChI is InChI=1S/C11H25NO3/c1-10(2)4-5-12-8-11(13)9-15-7-6-14-3/h10-13H,4-9H2,1-3H3. The Balaban J connectivity index is 3.15. The van der Waals surface area contributed by atoms with Gasteiger partial charge >= 0.3 is 0 Å². The van der Waals surface area contributed by atoms with Gasteiger partial charge in [-0.1, -0.05) is 13.8 Å². The Bertz CT molecular complexity index is 131. The van der Waals surface area contributed by atoms with Crippen LogP contribution in [0.15, 0.2) is 0 Å². The van der Waals surface area contributed by atoms with Gasteiger partial charge in [0, 0.05) is 13.7 Å². The average Bonchev–Trinajstić information content (AvgIpc) is 2.19. The molecule has 0 bridgehead atoms. The fraction of sp³-hybridized carbons (Fsp3) is 1.00. The van der Waals surface area contributed by atoms with Crippen LogP contribution in [-0.2, 0) is 9.47 Å². The maximum Gasteiger partial charge on any atom is 0.0897 e. The summed E-state index contributed by atoms with van der Waals surface area (Å²) in [5, 5.41) is 12.7. The van der Waals surface area contributed by atoms with Gasteiger partial charge in [-0.15, -0.1) is 0 Å². The highest BCUT2D eigenvalue weighted by Crippen LogP contribution is 1.96. The van der Waals surface area contributed by atoms with Crippen LogP contribution >= 0.6 is 0 Å². The normalized spacial score (nSPS) is 13.4. The van der Waals surface area contributed by atoms with Gasteiger partial charge in [0.05, 0.1) is 25.9 Å². The molecule has 1 atom stereocenters. The van der Waals surface area contributed by atoms with Crippen molar-refractivity contribution in [2.75, 3.05) is 40.0 Å². The van der Waals surface area contributed by atoms with Crippen LogP contribution in [0.3, 0.4) is 0 Å². The molecule has 0 amide bonds. The Kier molecular flexibility index (Phi) is 10.3. The van der Waals surface area contributed by atoms with Crippen LogP contribution in [0.25, 0.3) is 0 Å². The number of nitrogens with one attached hydrogen (secondary N) is 1. The third kappa shape index (κ3) is 11.8. The summed E-state index contributed by atoms with van der Waals surface area (Å²) in [7, 11) is 1.63. The molecule has 4 nitrogen and oxygen atoms in total. The number of hydrogen-bond acceptors (Lipinski definition) is 4. The third-order valence-electron chi connectivity index (χ3n) is 2.02. The minimum absolute atomic E-state index is 0.373. The molecule has 0 saturated carbocycles. The van der Waals surface area contributed by atoms with Gasteiger partial charge in [-0.05, 0) is 18.9 Å². The first-order valence-electron chi connectivity index (χ1n) is 5.62. The molecule has 0 aromatic carbocycles. The number of aliphatic hydroxyl groups excluding tert-OH is 1. The Hall–Kier alpha value is -0.160. The molecular formula is C11H25NO3. The molecule has 92 valence electrons. The third-order valence-corrected chi connectivity index (χ3v) is 2.02. The summed E-state index contributed by atoms with van der Waals surface area (Å²) in [6.45, 7) is 7.41. The van der Waals surface area contributed by atoms with Crippen molar-refractivity contribution in [3.8, 4) is 0 Å². The average molecular weight is 219 g/mol. The van der Waals surface area contributed by atoms with Crippen LogP contribution in [0.1, 0.15) is 20.3 Å². The maximum atomic E-state index is 9.49. The molecular weight excluding hydrogens is 194 g/mol. The van der Waals surface area contributed by atoms with Crippen LogP contribution < -0.4 is 5.32 Å². The zero-order valence-electron chi connectivity index (χ0n) is 10.2. The summed E-state index contributed by atoms with van der Waals surface area (Å²) in [4.78, 5) is 0. The molecule has 0 aliphatic rings. The highest BCUT2D eigenvalue weighted by Gasteiger charge is 2.03. The lowest BCUT2D eigenvalue weighted by atomic mass is 10.1. The zero-order valence-corrected chi connectivity index (χ0v) is 10.2. The van der Waals surface area contributed by atoms with Crippen molar-refractivity contribution < 1.29 is 14.6 Å². The van der Waals surface area contributed by atoms with Crippen molar-refractivity contribution in [2.45, 2.75) is 26.4 Å². The predicted molar refractivity (Wildman–Crippen MR) is 61.0 cm³/mol. The summed E-state index contributed by atoms with van der Waals surface area (Å²) in [6, 6.07) is 0. The molecule has 0 aliphatic heterocycles. The summed E-state index contributed by atoms with van der Waals surface area (Å²) in [6.07, 6.45) is 0.714. The van der Waals surface area contributed by atoms with Crippen LogP contribution in [0.2, 0.25) is 0 Å². The van der Waals surface area contributed by atoms with E-state index >= 15 is 0 Å². The van der Waals surface area contributed by atoms with Crippen LogP contribution in [-0.4, -0.2) is 51.2 Å². The van der Waals surface area contributed by atoms with Crippen LogP contribution in [0, 0.1) is 5.92 Å². The summed E-state index contributed by atoms with van der Waals surface area (Å²) >= 11 is 0. The summed E-state index contributed by atoms with van der Waals surface area (Å²) in [5.74, 6) is 0.701. The molecule has 0 aliphatic carbocycles. The molecule has 4 heteroatoms. The largest absolute Gasteiger partial charge is 0.389 e. The van der Waals surface area contributed by atoms with E-state index in [1.165, 1.54) is 0 Å². The van der Waals surface area contributed by atoms with Crippen molar-refractivity contribution >= 4 is 0 Å². The lowest BCUT2D eigenvalue weighted by Gasteiger charge is -2.12. The first-order chi connectivity index (χ1) is 7.16. The van der Waals surface area contributed by atoms with Gasteiger partial charge in [0.25, 0.3) is 0 Å². The number of aliphatic hydroxyl groups is 1. The Morgan fingerprint density at radius 3 is 2.60 bits per heavy atom. The molecule has 0 aromatic heterocycles. The molecule has 1 unspecified atom stereocenters. The fourth-order valence-electron chi connectivity index (χ4n) is 1.08. The fourth-order valence-corrected chi connectivity index (χ4v) is 1.08. The zero-order chi connectivity index (χ0) is 11.5. The molecule has 0 saturated heterocycles. The Morgan fingerprint density at radius 1 is 1.27 bits per heavy atom. The van der Waals surface area contributed by atoms with Gasteiger partial charge in [0.2, 0.25) is 0 Å². The van der Waals surface area contributed by atoms with Crippen molar-refractivity contribution in [3.05, 3.63) is 0 Å². The topological polar surface area (TPSA) is 50.7 Å². The lowest BCUT2D eigenvalue weighted by molar-refractivity contribution is 0.0138. The van der Waals surface area contributed by atoms with Gasteiger partial charge in [-0.25, -0.2) is 0 Å². The second-order valence-corrected chi connectivity index (χ2v) is 4.11. The van der Waals surface area contributed by atoms with Crippen LogP contribution in [0.4, 0.5) is 0 Å². The summed E-state index contributed by atoms with van der Waals surface area (Å²) < 4.78 is 10.0. The van der Waals surface area contributed by atoms with E-state index in [1.807, 2.05) is 0 Å². The van der Waals surface area contributed by atoms with E-state index in [4.69, 9.17) is 9.47 Å². The van der Waals surface area contributed by atoms with Gasteiger partial charge in [0.15, 0.2) is 0 Å². The highest BCUT2D eigenvalue weighted by molar-refractivity contribution is 4.59. The molecule has 0 heterocycles. The molecule has 2 N–H and O–H groups in total. The summed E-state index contributed by atoms with van der Waals surface area (Å²) in [5.41, 5.74) is 0. The number of hydrogen-bond donors (Lipinski definition) is 2. The van der Waals surface area contributed by atoms with Crippen molar-refractivity contribution in [2.24, 2.45) is 5.92 Å². The minimum Gasteiger partial charge on any atom is -0.389 e.